The van der Waals surface area contributed by atoms with Crippen molar-refractivity contribution in [1.29, 1.82) is 0 Å². The highest BCUT2D eigenvalue weighted by Gasteiger charge is 2.23. The van der Waals surface area contributed by atoms with Crippen LogP contribution in [0.25, 0.3) is 0 Å². The molecule has 2 saturated heterocycles. The molecule has 0 radical (unpaired) electrons. The lowest BCUT2D eigenvalue weighted by Crippen LogP contribution is -2.52. The molecule has 27 heavy (non-hydrogen) atoms. The molecular weight excluding hydrogens is 344 g/mol. The Morgan fingerprint density at radius 1 is 1.07 bits per heavy atom. The van der Waals surface area contributed by atoms with E-state index >= 15 is 0 Å². The maximum absolute atomic E-state index is 12.5. The minimum atomic E-state index is -0.114. The summed E-state index contributed by atoms with van der Waals surface area (Å²) in [5.41, 5.74) is 0.710. The predicted octanol–water partition coefficient (Wildman–Crippen LogP) is 1.36. The number of carbonyl (C=O) groups excluding carboxylic acids is 2. The molecule has 3 heterocycles. The number of piperazine rings is 1. The summed E-state index contributed by atoms with van der Waals surface area (Å²) in [6.07, 6.45) is 4.15. The molecule has 8 nitrogen and oxygen atoms in total. The van der Waals surface area contributed by atoms with Crippen LogP contribution in [0, 0.1) is 0 Å². The lowest BCUT2D eigenvalue weighted by molar-refractivity contribution is -0.123. The molecule has 2 N–H and O–H groups in total. The molecule has 0 bridgehead atoms. The third kappa shape index (κ3) is 5.56. The molecule has 0 aliphatic carbocycles. The SMILES string of the molecule is CC(C)NC(=O)CN1CCN(C(=O)Nc2ccc(N3CCCC3)nc2)CC1. The van der Waals surface area contributed by atoms with Crippen molar-refractivity contribution in [2.24, 2.45) is 0 Å². The Kier molecular flexibility index (Phi) is 6.49. The van der Waals surface area contributed by atoms with Gasteiger partial charge in [-0.3, -0.25) is 9.69 Å². The fourth-order valence-corrected chi connectivity index (χ4v) is 3.48. The molecule has 0 aromatic carbocycles. The first kappa shape index (κ1) is 19.4. The molecule has 148 valence electrons. The van der Waals surface area contributed by atoms with E-state index in [9.17, 15) is 9.59 Å². The summed E-state index contributed by atoms with van der Waals surface area (Å²) in [5, 5.41) is 5.82. The van der Waals surface area contributed by atoms with Crippen LogP contribution in [0.1, 0.15) is 26.7 Å². The zero-order chi connectivity index (χ0) is 19.2. The standard InChI is InChI=1S/C19H30N6O2/c1-15(2)21-18(26)14-23-9-11-25(12-10-23)19(27)22-16-5-6-17(20-13-16)24-7-3-4-8-24/h5-6,13,15H,3-4,7-12,14H2,1-2H3,(H,21,26)(H,22,27). The molecule has 0 atom stereocenters. The number of hydrogen-bond acceptors (Lipinski definition) is 5. The quantitative estimate of drug-likeness (QED) is 0.813. The maximum Gasteiger partial charge on any atom is 0.321 e. The molecule has 2 aliphatic heterocycles. The molecule has 1 aromatic rings. The summed E-state index contributed by atoms with van der Waals surface area (Å²) in [6.45, 7) is 9.02. The number of nitrogens with one attached hydrogen (secondary N) is 2. The normalized spacial score (nSPS) is 18.0. The zero-order valence-corrected chi connectivity index (χ0v) is 16.3. The Bertz CT molecular complexity index is 634. The summed E-state index contributed by atoms with van der Waals surface area (Å²) >= 11 is 0. The molecule has 1 aromatic heterocycles. The van der Waals surface area contributed by atoms with Crippen molar-refractivity contribution in [3.05, 3.63) is 18.3 Å². The second-order valence-electron chi connectivity index (χ2n) is 7.51. The van der Waals surface area contributed by atoms with Gasteiger partial charge in [0.05, 0.1) is 18.4 Å². The van der Waals surface area contributed by atoms with Gasteiger partial charge < -0.3 is 20.4 Å². The van der Waals surface area contributed by atoms with Crippen molar-refractivity contribution in [3.8, 4) is 0 Å². The first-order valence-corrected chi connectivity index (χ1v) is 9.80. The number of carbonyl (C=O) groups is 2. The fourth-order valence-electron chi connectivity index (χ4n) is 3.48. The van der Waals surface area contributed by atoms with E-state index in [1.54, 1.807) is 11.1 Å². The second-order valence-corrected chi connectivity index (χ2v) is 7.51. The van der Waals surface area contributed by atoms with Crippen molar-refractivity contribution < 1.29 is 9.59 Å². The third-order valence-electron chi connectivity index (χ3n) is 4.91. The zero-order valence-electron chi connectivity index (χ0n) is 16.3. The van der Waals surface area contributed by atoms with Crippen LogP contribution in [-0.2, 0) is 4.79 Å². The predicted molar refractivity (Wildman–Crippen MR) is 106 cm³/mol. The third-order valence-corrected chi connectivity index (χ3v) is 4.91. The lowest BCUT2D eigenvalue weighted by atomic mass is 10.3. The lowest BCUT2D eigenvalue weighted by Gasteiger charge is -2.34. The molecule has 2 fully saturated rings. The van der Waals surface area contributed by atoms with Gasteiger partial charge in [-0.15, -0.1) is 0 Å². The number of hydrogen-bond donors (Lipinski definition) is 2. The van der Waals surface area contributed by atoms with Gasteiger partial charge in [-0.25, -0.2) is 9.78 Å². The van der Waals surface area contributed by atoms with E-state index < -0.39 is 0 Å². The number of anilines is 2. The molecule has 3 rings (SSSR count). The van der Waals surface area contributed by atoms with Crippen LogP contribution in [-0.4, -0.2) is 78.6 Å². The molecule has 2 aliphatic rings. The van der Waals surface area contributed by atoms with Crippen molar-refractivity contribution in [2.45, 2.75) is 32.7 Å². The van der Waals surface area contributed by atoms with Crippen LogP contribution in [0.5, 0.6) is 0 Å². The van der Waals surface area contributed by atoms with Gasteiger partial charge in [-0.2, -0.15) is 0 Å². The summed E-state index contributed by atoms with van der Waals surface area (Å²) in [7, 11) is 0. The average molecular weight is 374 g/mol. The van der Waals surface area contributed by atoms with E-state index in [-0.39, 0.29) is 18.0 Å². The highest BCUT2D eigenvalue weighted by molar-refractivity contribution is 5.89. The highest BCUT2D eigenvalue weighted by Crippen LogP contribution is 2.19. The monoisotopic (exact) mass is 374 g/mol. The van der Waals surface area contributed by atoms with Gasteiger partial charge in [0.2, 0.25) is 5.91 Å². The summed E-state index contributed by atoms with van der Waals surface area (Å²) in [4.78, 5) is 34.9. The Morgan fingerprint density at radius 3 is 2.37 bits per heavy atom. The number of nitrogens with zero attached hydrogens (tertiary/aromatic N) is 4. The number of urea groups is 1. The summed E-state index contributed by atoms with van der Waals surface area (Å²) < 4.78 is 0. The van der Waals surface area contributed by atoms with Gasteiger partial charge in [0.1, 0.15) is 5.82 Å². The molecule has 0 saturated carbocycles. The largest absolute Gasteiger partial charge is 0.357 e. The van der Waals surface area contributed by atoms with Gasteiger partial charge in [0.25, 0.3) is 0 Å². The molecule has 3 amide bonds. The van der Waals surface area contributed by atoms with E-state index in [4.69, 9.17) is 0 Å². The van der Waals surface area contributed by atoms with Crippen LogP contribution >= 0.6 is 0 Å². The Balaban J connectivity index is 1.43. The Morgan fingerprint density at radius 2 is 1.78 bits per heavy atom. The Labute approximate surface area is 160 Å². The fraction of sp³-hybridized carbons (Fsp3) is 0.632. The molecule has 0 unspecified atom stereocenters. The topological polar surface area (TPSA) is 80.8 Å². The van der Waals surface area contributed by atoms with Gasteiger partial charge in [-0.05, 0) is 38.8 Å². The van der Waals surface area contributed by atoms with E-state index in [0.29, 0.717) is 38.4 Å². The van der Waals surface area contributed by atoms with E-state index in [1.165, 1.54) is 12.8 Å². The maximum atomic E-state index is 12.5. The highest BCUT2D eigenvalue weighted by atomic mass is 16.2. The average Bonchev–Trinajstić information content (AvgIpc) is 3.17. The molecule has 8 heteroatoms. The minimum Gasteiger partial charge on any atom is -0.357 e. The summed E-state index contributed by atoms with van der Waals surface area (Å²) in [6, 6.07) is 3.91. The van der Waals surface area contributed by atoms with Gasteiger partial charge in [0, 0.05) is 45.3 Å². The van der Waals surface area contributed by atoms with E-state index in [2.05, 4.69) is 25.4 Å². The van der Waals surface area contributed by atoms with Crippen LogP contribution in [0.15, 0.2) is 18.3 Å². The number of aromatic nitrogens is 1. The van der Waals surface area contributed by atoms with Crippen molar-refractivity contribution in [2.75, 3.05) is 56.0 Å². The second kappa shape index (κ2) is 9.03. The first-order valence-electron chi connectivity index (χ1n) is 9.80. The van der Waals surface area contributed by atoms with Crippen LogP contribution in [0.3, 0.4) is 0 Å². The van der Waals surface area contributed by atoms with E-state index in [1.807, 2.05) is 26.0 Å². The van der Waals surface area contributed by atoms with Gasteiger partial charge >= 0.3 is 6.03 Å². The summed E-state index contributed by atoms with van der Waals surface area (Å²) in [5.74, 6) is 1.01. The first-order chi connectivity index (χ1) is 13.0. The van der Waals surface area contributed by atoms with Crippen LogP contribution in [0.4, 0.5) is 16.3 Å². The van der Waals surface area contributed by atoms with Crippen molar-refractivity contribution in [1.82, 2.24) is 20.1 Å². The number of rotatable bonds is 5. The number of amides is 3. The van der Waals surface area contributed by atoms with Gasteiger partial charge in [0.15, 0.2) is 0 Å². The molecular formula is C19H30N6O2. The minimum absolute atomic E-state index is 0.0343. The van der Waals surface area contributed by atoms with Gasteiger partial charge in [-0.1, -0.05) is 0 Å². The molecule has 0 spiro atoms. The smallest absolute Gasteiger partial charge is 0.321 e. The Hall–Kier alpha value is -2.35. The van der Waals surface area contributed by atoms with E-state index in [0.717, 1.165) is 18.9 Å². The number of pyridine rings is 1. The van der Waals surface area contributed by atoms with Crippen molar-refractivity contribution in [3.63, 3.8) is 0 Å². The van der Waals surface area contributed by atoms with Crippen LogP contribution in [0.2, 0.25) is 0 Å². The van der Waals surface area contributed by atoms with Crippen LogP contribution < -0.4 is 15.5 Å². The van der Waals surface area contributed by atoms with Crippen molar-refractivity contribution >= 4 is 23.4 Å².